The predicted molar refractivity (Wildman–Crippen MR) is 75.5 cm³/mol. The van der Waals surface area contributed by atoms with Crippen molar-refractivity contribution in [3.05, 3.63) is 46.1 Å². The second-order valence-corrected chi connectivity index (χ2v) is 4.74. The van der Waals surface area contributed by atoms with Crippen molar-refractivity contribution in [1.29, 1.82) is 0 Å². The molecule has 3 N–H and O–H groups in total. The number of anilines is 1. The molecule has 0 aliphatic carbocycles. The van der Waals surface area contributed by atoms with E-state index in [9.17, 15) is 4.79 Å². The Bertz CT molecular complexity index is 669. The quantitative estimate of drug-likeness (QED) is 0.882. The van der Waals surface area contributed by atoms with Crippen LogP contribution in [-0.4, -0.2) is 16.1 Å². The number of benzene rings is 1. The molecule has 0 fully saturated rings. The topological polar surface area (TPSA) is 76.2 Å². The lowest BCUT2D eigenvalue weighted by Crippen LogP contribution is -2.05. The van der Waals surface area contributed by atoms with Crippen molar-refractivity contribution in [1.82, 2.24) is 4.98 Å². The fourth-order valence-corrected chi connectivity index (χ4v) is 1.92. The summed E-state index contributed by atoms with van der Waals surface area (Å²) >= 11 is 5.84. The molecule has 5 heteroatoms. The molecule has 0 bridgehead atoms. The van der Waals surface area contributed by atoms with E-state index in [4.69, 9.17) is 22.4 Å². The largest absolute Gasteiger partial charge is 0.476 e. The third kappa shape index (κ3) is 2.53. The van der Waals surface area contributed by atoms with Gasteiger partial charge in [-0.25, -0.2) is 9.78 Å². The van der Waals surface area contributed by atoms with Gasteiger partial charge in [0.15, 0.2) is 5.69 Å². The van der Waals surface area contributed by atoms with E-state index in [1.54, 1.807) is 6.07 Å². The minimum Gasteiger partial charge on any atom is -0.476 e. The average molecular weight is 277 g/mol. The Kier molecular flexibility index (Phi) is 3.44. The Morgan fingerprint density at radius 2 is 1.95 bits per heavy atom. The van der Waals surface area contributed by atoms with Gasteiger partial charge in [0.25, 0.3) is 0 Å². The Balaban J connectivity index is 2.62. The third-order valence-corrected chi connectivity index (χ3v) is 3.39. The van der Waals surface area contributed by atoms with Gasteiger partial charge >= 0.3 is 5.97 Å². The summed E-state index contributed by atoms with van der Waals surface area (Å²) in [5.74, 6) is -1.19. The van der Waals surface area contributed by atoms with Gasteiger partial charge in [-0.3, -0.25) is 0 Å². The first-order valence-corrected chi connectivity index (χ1v) is 6.05. The van der Waals surface area contributed by atoms with Gasteiger partial charge in [-0.05, 0) is 37.1 Å². The molecule has 0 saturated carbocycles. The first-order chi connectivity index (χ1) is 8.90. The third-order valence-electron chi connectivity index (χ3n) is 2.99. The summed E-state index contributed by atoms with van der Waals surface area (Å²) in [6.45, 7) is 3.99. The van der Waals surface area contributed by atoms with Crippen LogP contribution in [0.15, 0.2) is 24.3 Å². The highest BCUT2D eigenvalue weighted by atomic mass is 35.5. The number of nitrogens with two attached hydrogens (primary N) is 1. The monoisotopic (exact) mass is 276 g/mol. The molecule has 1 aromatic carbocycles. The number of hydrogen-bond donors (Lipinski definition) is 2. The van der Waals surface area contributed by atoms with Crippen LogP contribution in [0.2, 0.25) is 5.02 Å². The Morgan fingerprint density at radius 1 is 1.26 bits per heavy atom. The molecular formula is C14H13ClN2O2. The van der Waals surface area contributed by atoms with Crippen LogP contribution in [-0.2, 0) is 0 Å². The summed E-state index contributed by atoms with van der Waals surface area (Å²) in [5, 5.41) is 9.03. The van der Waals surface area contributed by atoms with Crippen molar-refractivity contribution < 1.29 is 9.90 Å². The maximum absolute atomic E-state index is 11.1. The lowest BCUT2D eigenvalue weighted by molar-refractivity contribution is 0.0691. The zero-order chi connectivity index (χ0) is 14.2. The zero-order valence-corrected chi connectivity index (χ0v) is 11.3. The molecule has 0 unspecified atom stereocenters. The van der Waals surface area contributed by atoms with Crippen LogP contribution in [0.4, 0.5) is 5.69 Å². The normalized spacial score (nSPS) is 10.5. The van der Waals surface area contributed by atoms with Crippen LogP contribution in [0.25, 0.3) is 11.3 Å². The maximum Gasteiger partial charge on any atom is 0.356 e. The number of carbonyl (C=O) groups is 1. The maximum atomic E-state index is 11.1. The van der Waals surface area contributed by atoms with Gasteiger partial charge in [0.2, 0.25) is 0 Å². The standard InChI is InChI=1S/C14H13ClN2O2/c1-7-3-4-9(5-8(7)2)11-6-10(16)12(15)13(17-11)14(18)19/h3-6H,1-2H3,(H2,16,17)(H,18,19). The van der Waals surface area contributed by atoms with Crippen molar-refractivity contribution in [3.63, 3.8) is 0 Å². The summed E-state index contributed by atoms with van der Waals surface area (Å²) < 4.78 is 0. The van der Waals surface area contributed by atoms with Gasteiger partial charge in [-0.15, -0.1) is 0 Å². The smallest absolute Gasteiger partial charge is 0.356 e. The fourth-order valence-electron chi connectivity index (χ4n) is 1.74. The number of carboxylic acid groups (broad SMARTS) is 1. The minimum atomic E-state index is -1.19. The van der Waals surface area contributed by atoms with E-state index in [1.807, 2.05) is 32.0 Å². The number of aromatic nitrogens is 1. The first-order valence-electron chi connectivity index (χ1n) is 5.67. The highest BCUT2D eigenvalue weighted by molar-refractivity contribution is 6.35. The van der Waals surface area contributed by atoms with Gasteiger partial charge < -0.3 is 10.8 Å². The van der Waals surface area contributed by atoms with Crippen LogP contribution in [0.1, 0.15) is 21.6 Å². The summed E-state index contributed by atoms with van der Waals surface area (Å²) in [7, 11) is 0. The number of nitrogen functional groups attached to an aromatic ring is 1. The second-order valence-electron chi connectivity index (χ2n) is 4.36. The number of hydrogen-bond acceptors (Lipinski definition) is 3. The van der Waals surface area contributed by atoms with E-state index < -0.39 is 5.97 Å². The molecular weight excluding hydrogens is 264 g/mol. The molecule has 0 saturated heterocycles. The number of nitrogens with zero attached hydrogens (tertiary/aromatic N) is 1. The van der Waals surface area contributed by atoms with Gasteiger partial charge in [0.05, 0.1) is 16.4 Å². The average Bonchev–Trinajstić information content (AvgIpc) is 2.35. The highest BCUT2D eigenvalue weighted by Crippen LogP contribution is 2.28. The van der Waals surface area contributed by atoms with Gasteiger partial charge in [0.1, 0.15) is 0 Å². The Morgan fingerprint density at radius 3 is 2.53 bits per heavy atom. The summed E-state index contributed by atoms with van der Waals surface area (Å²) in [5.41, 5.74) is 9.29. The number of aromatic carboxylic acids is 1. The summed E-state index contributed by atoms with van der Waals surface area (Å²) in [6.07, 6.45) is 0. The molecule has 98 valence electrons. The van der Waals surface area contributed by atoms with Crippen LogP contribution >= 0.6 is 11.6 Å². The van der Waals surface area contributed by atoms with Gasteiger partial charge in [0, 0.05) is 5.56 Å². The molecule has 0 spiro atoms. The summed E-state index contributed by atoms with van der Waals surface area (Å²) in [4.78, 5) is 15.1. The van der Waals surface area contributed by atoms with Crippen molar-refractivity contribution in [2.45, 2.75) is 13.8 Å². The molecule has 1 heterocycles. The molecule has 19 heavy (non-hydrogen) atoms. The van der Waals surface area contributed by atoms with E-state index in [0.29, 0.717) is 5.69 Å². The van der Waals surface area contributed by atoms with Crippen molar-refractivity contribution in [2.75, 3.05) is 5.73 Å². The molecule has 2 rings (SSSR count). The van der Waals surface area contributed by atoms with E-state index in [2.05, 4.69) is 4.98 Å². The molecule has 0 aliphatic rings. The van der Waals surface area contributed by atoms with Crippen molar-refractivity contribution in [2.24, 2.45) is 0 Å². The van der Waals surface area contributed by atoms with Gasteiger partial charge in [-0.1, -0.05) is 23.7 Å². The van der Waals surface area contributed by atoms with Crippen LogP contribution in [0.3, 0.4) is 0 Å². The van der Waals surface area contributed by atoms with E-state index in [-0.39, 0.29) is 16.4 Å². The number of halogens is 1. The van der Waals surface area contributed by atoms with Crippen LogP contribution < -0.4 is 5.73 Å². The lowest BCUT2D eigenvalue weighted by atomic mass is 10.0. The number of carboxylic acids is 1. The van der Waals surface area contributed by atoms with Crippen LogP contribution in [0, 0.1) is 13.8 Å². The molecule has 1 aromatic heterocycles. The minimum absolute atomic E-state index is 0.0277. The highest BCUT2D eigenvalue weighted by Gasteiger charge is 2.16. The number of rotatable bonds is 2. The Labute approximate surface area is 115 Å². The SMILES string of the molecule is Cc1ccc(-c2cc(N)c(Cl)c(C(=O)O)n2)cc1C. The van der Waals surface area contributed by atoms with E-state index in [0.717, 1.165) is 16.7 Å². The molecule has 2 aromatic rings. The molecule has 4 nitrogen and oxygen atoms in total. The molecule has 0 aliphatic heterocycles. The van der Waals surface area contributed by atoms with Crippen molar-refractivity contribution >= 4 is 23.3 Å². The van der Waals surface area contributed by atoms with E-state index in [1.165, 1.54) is 0 Å². The van der Waals surface area contributed by atoms with Crippen molar-refractivity contribution in [3.8, 4) is 11.3 Å². The molecule has 0 radical (unpaired) electrons. The number of pyridine rings is 1. The summed E-state index contributed by atoms with van der Waals surface area (Å²) in [6, 6.07) is 7.36. The fraction of sp³-hybridized carbons (Fsp3) is 0.143. The van der Waals surface area contributed by atoms with Crippen LogP contribution in [0.5, 0.6) is 0 Å². The first kappa shape index (κ1) is 13.4. The zero-order valence-electron chi connectivity index (χ0n) is 10.6. The Hall–Kier alpha value is -2.07. The van der Waals surface area contributed by atoms with E-state index >= 15 is 0 Å². The lowest BCUT2D eigenvalue weighted by Gasteiger charge is -2.08. The predicted octanol–water partition coefficient (Wildman–Crippen LogP) is 3.30. The molecule has 0 atom stereocenters. The number of aryl methyl sites for hydroxylation is 2. The van der Waals surface area contributed by atoms with Gasteiger partial charge in [-0.2, -0.15) is 0 Å². The molecule has 0 amide bonds. The second kappa shape index (κ2) is 4.90.